The number of carbonyl (C=O) groups is 1. The second-order valence-electron chi connectivity index (χ2n) is 7.94. The highest BCUT2D eigenvalue weighted by Gasteiger charge is 2.24. The van der Waals surface area contributed by atoms with Crippen LogP contribution in [0.3, 0.4) is 0 Å². The summed E-state index contributed by atoms with van der Waals surface area (Å²) in [4.78, 5) is 20.9. The molecule has 0 unspecified atom stereocenters. The van der Waals surface area contributed by atoms with Crippen LogP contribution in [0.1, 0.15) is 24.0 Å². The Morgan fingerprint density at radius 2 is 1.87 bits per heavy atom. The number of carbonyl (C=O) groups excluding carboxylic acids is 1. The van der Waals surface area contributed by atoms with Gasteiger partial charge in [0, 0.05) is 36.4 Å². The van der Waals surface area contributed by atoms with Crippen LogP contribution >= 0.6 is 0 Å². The Morgan fingerprint density at radius 1 is 1.07 bits per heavy atom. The first-order chi connectivity index (χ1) is 14.7. The maximum Gasteiger partial charge on any atom is 0.322 e. The number of urea groups is 1. The van der Waals surface area contributed by atoms with Gasteiger partial charge in [0.1, 0.15) is 0 Å². The smallest absolute Gasteiger partial charge is 0.322 e. The molecule has 3 heterocycles. The Bertz CT molecular complexity index is 1050. The highest BCUT2D eigenvalue weighted by molar-refractivity contribution is 5.95. The molecule has 0 saturated carbocycles. The number of aromatic nitrogens is 2. The van der Waals surface area contributed by atoms with Crippen molar-refractivity contribution >= 4 is 11.7 Å². The van der Waals surface area contributed by atoms with Crippen molar-refractivity contribution in [1.29, 1.82) is 0 Å². The van der Waals surface area contributed by atoms with E-state index in [1.807, 2.05) is 25.1 Å². The summed E-state index contributed by atoms with van der Waals surface area (Å²) in [6, 6.07) is 14.1. The van der Waals surface area contributed by atoms with Gasteiger partial charge in [-0.15, -0.1) is 0 Å². The number of hydrogen-bond donors (Lipinski definition) is 1. The number of amides is 2. The zero-order valence-corrected chi connectivity index (χ0v) is 17.1. The number of nitrogens with zero attached hydrogens (tertiary/aromatic N) is 4. The summed E-state index contributed by atoms with van der Waals surface area (Å²) in [5.74, 6) is 1.03. The van der Waals surface area contributed by atoms with Crippen molar-refractivity contribution in [1.82, 2.24) is 20.4 Å². The van der Waals surface area contributed by atoms with Gasteiger partial charge in [-0.1, -0.05) is 35.5 Å². The predicted octanol–water partition coefficient (Wildman–Crippen LogP) is 3.84. The van der Waals surface area contributed by atoms with Crippen LogP contribution in [0.4, 0.5) is 10.5 Å². The number of rotatable bonds is 5. The lowest BCUT2D eigenvalue weighted by Crippen LogP contribution is -2.28. The molecule has 1 aromatic heterocycles. The minimum absolute atomic E-state index is 0.0736. The molecule has 0 atom stereocenters. The summed E-state index contributed by atoms with van der Waals surface area (Å²) >= 11 is 0. The lowest BCUT2D eigenvalue weighted by Gasteiger charge is -2.18. The van der Waals surface area contributed by atoms with Crippen molar-refractivity contribution in [2.45, 2.75) is 26.3 Å². The van der Waals surface area contributed by atoms with Crippen LogP contribution in [0.15, 0.2) is 47.0 Å². The molecule has 0 radical (unpaired) electrons. The molecule has 0 bridgehead atoms. The van der Waals surface area contributed by atoms with E-state index < -0.39 is 0 Å². The Labute approximate surface area is 175 Å². The molecule has 7 heteroatoms. The highest BCUT2D eigenvalue weighted by Crippen LogP contribution is 2.31. The van der Waals surface area contributed by atoms with Crippen LogP contribution in [-0.2, 0) is 6.54 Å². The van der Waals surface area contributed by atoms with E-state index in [4.69, 9.17) is 4.52 Å². The number of benzene rings is 2. The maximum absolute atomic E-state index is 12.1. The van der Waals surface area contributed by atoms with Crippen LogP contribution in [0, 0.1) is 6.92 Å². The Kier molecular flexibility index (Phi) is 4.96. The minimum Gasteiger partial charge on any atom is -0.336 e. The molecule has 2 fully saturated rings. The number of likely N-dealkylation sites (tertiary alicyclic amines) is 1. The summed E-state index contributed by atoms with van der Waals surface area (Å²) in [5, 5.41) is 7.03. The molecule has 1 N–H and O–H groups in total. The number of nitrogens with one attached hydrogen (secondary N) is 1. The van der Waals surface area contributed by atoms with Gasteiger partial charge in [-0.25, -0.2) is 4.79 Å². The molecule has 154 valence electrons. The summed E-state index contributed by atoms with van der Waals surface area (Å²) in [7, 11) is 0. The lowest BCUT2D eigenvalue weighted by atomic mass is 10.1. The quantitative estimate of drug-likeness (QED) is 0.701. The average Bonchev–Trinajstić information content (AvgIpc) is 3.51. The van der Waals surface area contributed by atoms with Crippen molar-refractivity contribution in [3.8, 4) is 22.8 Å². The van der Waals surface area contributed by atoms with E-state index in [0.717, 1.165) is 28.9 Å². The fraction of sp³-hybridized carbons (Fsp3) is 0.348. The largest absolute Gasteiger partial charge is 0.336 e. The molecule has 2 aliphatic heterocycles. The van der Waals surface area contributed by atoms with E-state index in [0.29, 0.717) is 24.8 Å². The van der Waals surface area contributed by atoms with Crippen LogP contribution in [0.5, 0.6) is 0 Å². The van der Waals surface area contributed by atoms with Gasteiger partial charge in [0.2, 0.25) is 5.82 Å². The third kappa shape index (κ3) is 3.57. The van der Waals surface area contributed by atoms with Gasteiger partial charge in [0.15, 0.2) is 0 Å². The van der Waals surface area contributed by atoms with E-state index in [-0.39, 0.29) is 6.03 Å². The van der Waals surface area contributed by atoms with E-state index >= 15 is 0 Å². The standard InChI is InChI=1S/C23H25N5O2/c1-16-19(5-4-6-20(16)28-14-11-24-23(28)29)22-25-21(26-30-22)18-9-7-17(8-10-18)15-27-12-2-3-13-27/h4-10H,2-3,11-15H2,1H3,(H,24,29). The molecule has 7 nitrogen and oxygen atoms in total. The topological polar surface area (TPSA) is 74.5 Å². The molecule has 30 heavy (non-hydrogen) atoms. The fourth-order valence-electron chi connectivity index (χ4n) is 4.26. The molecular formula is C23H25N5O2. The van der Waals surface area contributed by atoms with Crippen molar-refractivity contribution in [2.75, 3.05) is 31.1 Å². The first kappa shape index (κ1) is 18.8. The van der Waals surface area contributed by atoms with E-state index in [1.54, 1.807) is 4.90 Å². The second-order valence-corrected chi connectivity index (χ2v) is 7.94. The number of anilines is 1. The van der Waals surface area contributed by atoms with Crippen LogP contribution < -0.4 is 10.2 Å². The second kappa shape index (κ2) is 7.91. The Balaban J connectivity index is 1.37. The van der Waals surface area contributed by atoms with Gasteiger partial charge in [0.25, 0.3) is 5.89 Å². The minimum atomic E-state index is -0.0736. The molecule has 0 aliphatic carbocycles. The van der Waals surface area contributed by atoms with Gasteiger partial charge < -0.3 is 9.84 Å². The summed E-state index contributed by atoms with van der Waals surface area (Å²) in [6.07, 6.45) is 2.60. The van der Waals surface area contributed by atoms with Crippen LogP contribution in [-0.4, -0.2) is 47.3 Å². The van der Waals surface area contributed by atoms with Gasteiger partial charge in [-0.2, -0.15) is 4.98 Å². The summed E-state index contributed by atoms with van der Waals surface area (Å²) in [5.41, 5.74) is 4.90. The molecule has 0 spiro atoms. The van der Waals surface area contributed by atoms with Gasteiger partial charge in [0.05, 0.1) is 0 Å². The molecule has 2 amide bonds. The Hall–Kier alpha value is -3.19. The Morgan fingerprint density at radius 3 is 2.60 bits per heavy atom. The third-order valence-corrected chi connectivity index (χ3v) is 5.93. The first-order valence-corrected chi connectivity index (χ1v) is 10.5. The molecule has 2 aromatic carbocycles. The van der Waals surface area contributed by atoms with E-state index in [2.05, 4.69) is 44.6 Å². The number of hydrogen-bond acceptors (Lipinski definition) is 5. The SMILES string of the molecule is Cc1c(-c2nc(-c3ccc(CN4CCCC4)cc3)no2)cccc1N1CCNC1=O. The monoisotopic (exact) mass is 403 g/mol. The summed E-state index contributed by atoms with van der Waals surface area (Å²) < 4.78 is 5.58. The van der Waals surface area contributed by atoms with E-state index in [1.165, 1.54) is 31.5 Å². The molecule has 5 rings (SSSR count). The van der Waals surface area contributed by atoms with Gasteiger partial charge >= 0.3 is 6.03 Å². The van der Waals surface area contributed by atoms with Crippen molar-refractivity contribution in [2.24, 2.45) is 0 Å². The van der Waals surface area contributed by atoms with E-state index in [9.17, 15) is 4.79 Å². The van der Waals surface area contributed by atoms with Crippen LogP contribution in [0.2, 0.25) is 0 Å². The summed E-state index contributed by atoms with van der Waals surface area (Å²) in [6.45, 7) is 6.66. The molecule has 2 aliphatic rings. The fourth-order valence-corrected chi connectivity index (χ4v) is 4.26. The van der Waals surface area contributed by atoms with Gasteiger partial charge in [-0.05, 0) is 56.1 Å². The van der Waals surface area contributed by atoms with Gasteiger partial charge in [-0.3, -0.25) is 9.80 Å². The third-order valence-electron chi connectivity index (χ3n) is 5.93. The van der Waals surface area contributed by atoms with Crippen LogP contribution in [0.25, 0.3) is 22.8 Å². The highest BCUT2D eigenvalue weighted by atomic mass is 16.5. The average molecular weight is 403 g/mol. The molecular weight excluding hydrogens is 378 g/mol. The normalized spacial score (nSPS) is 17.0. The van der Waals surface area contributed by atoms with Crippen molar-refractivity contribution in [3.05, 3.63) is 53.6 Å². The molecule has 2 saturated heterocycles. The first-order valence-electron chi connectivity index (χ1n) is 10.5. The van der Waals surface area contributed by atoms with Crippen molar-refractivity contribution < 1.29 is 9.32 Å². The molecule has 3 aromatic rings. The zero-order chi connectivity index (χ0) is 20.5. The zero-order valence-electron chi connectivity index (χ0n) is 17.1. The maximum atomic E-state index is 12.1. The predicted molar refractivity (Wildman–Crippen MR) is 115 cm³/mol. The van der Waals surface area contributed by atoms with Crippen molar-refractivity contribution in [3.63, 3.8) is 0 Å². The lowest BCUT2D eigenvalue weighted by molar-refractivity contribution is 0.252.